The number of Topliss-reactive ketones (excluding diaryl/α,β-unsaturated/α-hetero) is 1. The van der Waals surface area contributed by atoms with Gasteiger partial charge in [0.05, 0.1) is 5.02 Å². The van der Waals surface area contributed by atoms with Crippen LogP contribution in [-0.4, -0.2) is 27.6 Å². The number of rotatable bonds is 6. The number of nitrogen functional groups attached to an aromatic ring is 1. The summed E-state index contributed by atoms with van der Waals surface area (Å²) >= 11 is 5.79. The van der Waals surface area contributed by atoms with Gasteiger partial charge in [0.25, 0.3) is 5.91 Å². The first-order chi connectivity index (χ1) is 13.8. The number of carbonyl (C=O) groups is 2. The predicted molar refractivity (Wildman–Crippen MR) is 118 cm³/mol. The summed E-state index contributed by atoms with van der Waals surface area (Å²) in [4.78, 5) is 29.3. The maximum Gasteiger partial charge on any atom is 0.257 e. The lowest BCUT2D eigenvalue weighted by Crippen LogP contribution is -2.17. The van der Waals surface area contributed by atoms with Crippen LogP contribution < -0.4 is 11.1 Å². The zero-order valence-corrected chi connectivity index (χ0v) is 15.9. The van der Waals surface area contributed by atoms with E-state index in [1.54, 1.807) is 36.4 Å². The quantitative estimate of drug-likeness (QED) is 0.269. The molecular weight excluding hydrogens is 404 g/mol. The third kappa shape index (κ3) is 5.21. The second-order valence-corrected chi connectivity index (χ2v) is 6.65. The standard InChI is InChI=1S/C21H17ClN4O3.CH4/c22-14-8-9-19(25-11-14)26-21(29)15-2-1-3-17(27)16(15)10-18(28)12-4-6-13(7-5-12)20(23)24;/h1-9,11,27H,10H2,(H3,23,24)(H,25,26,29);1H4. The fourth-order valence-corrected chi connectivity index (χ4v) is 2.82. The highest BCUT2D eigenvalue weighted by atomic mass is 35.5. The van der Waals surface area contributed by atoms with Gasteiger partial charge in [-0.2, -0.15) is 0 Å². The molecule has 0 bridgehead atoms. The molecule has 0 aliphatic carbocycles. The van der Waals surface area contributed by atoms with Crippen molar-refractivity contribution in [2.45, 2.75) is 13.8 Å². The number of carbonyl (C=O) groups excluding carboxylic acids is 2. The Morgan fingerprint density at radius 2 is 1.73 bits per heavy atom. The third-order valence-corrected chi connectivity index (χ3v) is 4.44. The van der Waals surface area contributed by atoms with Crippen LogP contribution >= 0.6 is 11.6 Å². The zero-order chi connectivity index (χ0) is 21.0. The van der Waals surface area contributed by atoms with E-state index in [0.717, 1.165) is 0 Å². The van der Waals surface area contributed by atoms with E-state index in [1.807, 2.05) is 0 Å². The summed E-state index contributed by atoms with van der Waals surface area (Å²) in [5, 5.41) is 20.7. The molecule has 7 nitrogen and oxygen atoms in total. The van der Waals surface area contributed by atoms with E-state index in [-0.39, 0.29) is 42.3 Å². The number of phenols is 1. The number of aromatic hydroxyl groups is 1. The number of pyridine rings is 1. The Labute approximate surface area is 179 Å². The van der Waals surface area contributed by atoms with Crippen molar-refractivity contribution >= 4 is 34.9 Å². The van der Waals surface area contributed by atoms with Gasteiger partial charge in [0.15, 0.2) is 5.78 Å². The Morgan fingerprint density at radius 1 is 1.07 bits per heavy atom. The van der Waals surface area contributed by atoms with Gasteiger partial charge >= 0.3 is 0 Å². The number of phenolic OH excluding ortho intramolecular Hbond substituents is 1. The van der Waals surface area contributed by atoms with Gasteiger partial charge in [-0.3, -0.25) is 15.0 Å². The maximum atomic E-state index is 12.7. The molecule has 0 fully saturated rings. The number of hydrogen-bond donors (Lipinski definition) is 4. The summed E-state index contributed by atoms with van der Waals surface area (Å²) in [6.07, 6.45) is 1.22. The largest absolute Gasteiger partial charge is 0.508 e. The SMILES string of the molecule is C.N=C(N)c1ccc(C(=O)Cc2c(O)cccc2C(=O)Nc2ccc(Cl)cn2)cc1. The van der Waals surface area contributed by atoms with Crippen LogP contribution in [0.15, 0.2) is 60.8 Å². The Balaban J connectivity index is 0.00000320. The lowest BCUT2D eigenvalue weighted by Gasteiger charge is -2.11. The van der Waals surface area contributed by atoms with Crippen molar-refractivity contribution in [3.63, 3.8) is 0 Å². The molecule has 0 radical (unpaired) electrons. The monoisotopic (exact) mass is 424 g/mol. The second kappa shape index (κ2) is 9.67. The number of nitrogens with two attached hydrogens (primary N) is 1. The number of nitrogens with one attached hydrogen (secondary N) is 2. The smallest absolute Gasteiger partial charge is 0.257 e. The zero-order valence-electron chi connectivity index (χ0n) is 15.1. The lowest BCUT2D eigenvalue weighted by molar-refractivity contribution is 0.0991. The molecule has 8 heteroatoms. The minimum absolute atomic E-state index is 0. The molecule has 0 aliphatic rings. The molecule has 0 saturated heterocycles. The average molecular weight is 425 g/mol. The van der Waals surface area contributed by atoms with E-state index in [1.165, 1.54) is 24.4 Å². The van der Waals surface area contributed by atoms with Crippen LogP contribution in [0.25, 0.3) is 0 Å². The molecule has 5 N–H and O–H groups in total. The highest BCUT2D eigenvalue weighted by Gasteiger charge is 2.19. The van der Waals surface area contributed by atoms with Crippen LogP contribution in [-0.2, 0) is 6.42 Å². The van der Waals surface area contributed by atoms with Crippen molar-refractivity contribution in [3.8, 4) is 5.75 Å². The fraction of sp³-hybridized carbons (Fsp3) is 0.0909. The minimum atomic E-state index is -0.509. The van der Waals surface area contributed by atoms with Crippen LogP contribution in [0.4, 0.5) is 5.82 Å². The van der Waals surface area contributed by atoms with Gasteiger partial charge in [0.1, 0.15) is 17.4 Å². The van der Waals surface area contributed by atoms with Gasteiger partial charge in [0, 0.05) is 34.9 Å². The number of ketones is 1. The number of aromatic nitrogens is 1. The Hall–Kier alpha value is -3.71. The average Bonchev–Trinajstić information content (AvgIpc) is 2.71. The second-order valence-electron chi connectivity index (χ2n) is 6.21. The fourth-order valence-electron chi connectivity index (χ4n) is 2.70. The highest BCUT2D eigenvalue weighted by Crippen LogP contribution is 2.24. The number of halogens is 1. The normalized spacial score (nSPS) is 10.0. The molecule has 30 heavy (non-hydrogen) atoms. The lowest BCUT2D eigenvalue weighted by atomic mass is 9.96. The van der Waals surface area contributed by atoms with Crippen molar-refractivity contribution in [1.82, 2.24) is 4.98 Å². The van der Waals surface area contributed by atoms with Gasteiger partial charge in [-0.15, -0.1) is 0 Å². The van der Waals surface area contributed by atoms with Crippen LogP contribution in [0.5, 0.6) is 5.75 Å². The van der Waals surface area contributed by atoms with Crippen LogP contribution in [0.2, 0.25) is 5.02 Å². The van der Waals surface area contributed by atoms with Crippen molar-refractivity contribution < 1.29 is 14.7 Å². The Morgan fingerprint density at radius 3 is 2.33 bits per heavy atom. The van der Waals surface area contributed by atoms with E-state index < -0.39 is 5.91 Å². The summed E-state index contributed by atoms with van der Waals surface area (Å²) in [6.45, 7) is 0. The Kier molecular flexibility index (Phi) is 7.27. The van der Waals surface area contributed by atoms with E-state index in [0.29, 0.717) is 22.0 Å². The van der Waals surface area contributed by atoms with E-state index in [2.05, 4.69) is 10.3 Å². The third-order valence-electron chi connectivity index (χ3n) is 4.22. The van der Waals surface area contributed by atoms with Gasteiger partial charge in [-0.05, 0) is 24.3 Å². The summed E-state index contributed by atoms with van der Waals surface area (Å²) < 4.78 is 0. The number of amides is 1. The maximum absolute atomic E-state index is 12.7. The summed E-state index contributed by atoms with van der Waals surface area (Å²) in [7, 11) is 0. The van der Waals surface area contributed by atoms with Crippen LogP contribution in [0.3, 0.4) is 0 Å². The highest BCUT2D eigenvalue weighted by molar-refractivity contribution is 6.30. The number of amidine groups is 1. The van der Waals surface area contributed by atoms with Gasteiger partial charge in [-0.25, -0.2) is 4.98 Å². The number of nitrogens with zero attached hydrogens (tertiary/aromatic N) is 1. The van der Waals surface area contributed by atoms with E-state index in [9.17, 15) is 14.7 Å². The summed E-state index contributed by atoms with van der Waals surface area (Å²) in [6, 6.07) is 13.8. The van der Waals surface area contributed by atoms with Crippen LogP contribution in [0, 0.1) is 5.41 Å². The first kappa shape index (κ1) is 22.6. The molecule has 1 aromatic heterocycles. The van der Waals surface area contributed by atoms with Gasteiger partial charge in [-0.1, -0.05) is 49.4 Å². The van der Waals surface area contributed by atoms with Gasteiger partial charge < -0.3 is 16.2 Å². The molecule has 3 aromatic rings. The number of hydrogen-bond acceptors (Lipinski definition) is 5. The Bertz CT molecular complexity index is 1080. The predicted octanol–water partition coefficient (Wildman–Crippen LogP) is 4.04. The molecule has 2 aromatic carbocycles. The molecule has 154 valence electrons. The molecule has 0 saturated carbocycles. The molecule has 0 unspecified atom stereocenters. The summed E-state index contributed by atoms with van der Waals surface area (Å²) in [5.41, 5.74) is 6.67. The molecule has 1 heterocycles. The molecule has 0 aliphatic heterocycles. The van der Waals surface area contributed by atoms with Crippen molar-refractivity contribution in [2.75, 3.05) is 5.32 Å². The van der Waals surface area contributed by atoms with Crippen molar-refractivity contribution in [2.24, 2.45) is 5.73 Å². The molecular formula is C22H21ClN4O3. The first-order valence-corrected chi connectivity index (χ1v) is 8.94. The number of benzene rings is 2. The number of anilines is 1. The first-order valence-electron chi connectivity index (χ1n) is 8.56. The molecule has 3 rings (SSSR count). The topological polar surface area (TPSA) is 129 Å². The van der Waals surface area contributed by atoms with Crippen molar-refractivity contribution in [1.29, 1.82) is 5.41 Å². The van der Waals surface area contributed by atoms with Gasteiger partial charge in [0.2, 0.25) is 0 Å². The van der Waals surface area contributed by atoms with Crippen molar-refractivity contribution in [3.05, 3.63) is 88.1 Å². The van der Waals surface area contributed by atoms with Crippen LogP contribution in [0.1, 0.15) is 39.3 Å². The molecule has 1 amide bonds. The summed E-state index contributed by atoms with van der Waals surface area (Å²) in [5.74, 6) is -0.763. The minimum Gasteiger partial charge on any atom is -0.508 e. The molecule has 0 spiro atoms. The van der Waals surface area contributed by atoms with E-state index >= 15 is 0 Å². The van der Waals surface area contributed by atoms with E-state index in [4.69, 9.17) is 22.7 Å². The molecule has 0 atom stereocenters.